The number of nitrogen functional groups attached to an aromatic ring is 1. The monoisotopic (exact) mass is 279 g/mol. The van der Waals surface area contributed by atoms with E-state index in [-0.39, 0.29) is 0 Å². The summed E-state index contributed by atoms with van der Waals surface area (Å²) < 4.78 is 2.16. The number of nitrogens with zero attached hydrogens (tertiary/aromatic N) is 2. The molecule has 1 aromatic carbocycles. The van der Waals surface area contributed by atoms with Crippen molar-refractivity contribution in [2.24, 2.45) is 0 Å². The Morgan fingerprint density at radius 1 is 1.47 bits per heavy atom. The van der Waals surface area contributed by atoms with Crippen LogP contribution in [-0.4, -0.2) is 26.7 Å². The second-order valence-corrected chi connectivity index (χ2v) is 5.69. The first-order valence-electron chi connectivity index (χ1n) is 6.52. The Bertz CT molecular complexity index is 565. The smallest absolute Gasteiger partial charge is 0.138 e. The molecular formula is C14H21N3OS. The fourth-order valence-corrected chi connectivity index (χ4v) is 3.15. The van der Waals surface area contributed by atoms with Crippen LogP contribution in [-0.2, 0) is 0 Å². The van der Waals surface area contributed by atoms with Gasteiger partial charge in [-0.15, -0.1) is 0 Å². The van der Waals surface area contributed by atoms with Crippen LogP contribution in [0.4, 0.5) is 5.69 Å². The van der Waals surface area contributed by atoms with Crippen LogP contribution >= 0.6 is 11.8 Å². The summed E-state index contributed by atoms with van der Waals surface area (Å²) in [6.45, 7) is 3.92. The fraction of sp³-hybridized carbons (Fsp3) is 0.500. The van der Waals surface area contributed by atoms with Crippen molar-refractivity contribution in [2.75, 3.05) is 17.7 Å². The summed E-state index contributed by atoms with van der Waals surface area (Å²) in [5.41, 5.74) is 8.42. The molecule has 3 N–H and O–H groups in total. The van der Waals surface area contributed by atoms with Crippen molar-refractivity contribution in [1.29, 1.82) is 0 Å². The zero-order chi connectivity index (χ0) is 14.0. The Kier molecular flexibility index (Phi) is 4.37. The summed E-state index contributed by atoms with van der Waals surface area (Å²) >= 11 is 1.81. The van der Waals surface area contributed by atoms with Gasteiger partial charge in [0, 0.05) is 17.5 Å². The number of fused-ring (bicyclic) bond motifs is 1. The van der Waals surface area contributed by atoms with Gasteiger partial charge in [-0.3, -0.25) is 0 Å². The van der Waals surface area contributed by atoms with Gasteiger partial charge in [-0.2, -0.15) is 11.8 Å². The summed E-state index contributed by atoms with van der Waals surface area (Å²) in [5, 5.41) is 9.97. The Morgan fingerprint density at radius 3 is 2.79 bits per heavy atom. The molecule has 0 saturated heterocycles. The first-order chi connectivity index (χ1) is 9.08. The minimum absolute atomic E-state index is 0.341. The van der Waals surface area contributed by atoms with Crippen molar-refractivity contribution < 1.29 is 5.11 Å². The molecule has 2 unspecified atom stereocenters. The van der Waals surface area contributed by atoms with E-state index in [4.69, 9.17) is 5.73 Å². The van der Waals surface area contributed by atoms with E-state index >= 15 is 0 Å². The highest BCUT2D eigenvalue weighted by atomic mass is 32.2. The van der Waals surface area contributed by atoms with E-state index in [1.165, 1.54) is 0 Å². The number of hydrogen-bond acceptors (Lipinski definition) is 4. The van der Waals surface area contributed by atoms with Crippen molar-refractivity contribution in [3.8, 4) is 0 Å². The highest BCUT2D eigenvalue weighted by molar-refractivity contribution is 7.98. The molecule has 0 saturated carbocycles. The third-order valence-corrected chi connectivity index (χ3v) is 4.03. The van der Waals surface area contributed by atoms with Gasteiger partial charge in [-0.25, -0.2) is 4.98 Å². The van der Waals surface area contributed by atoms with Gasteiger partial charge < -0.3 is 15.4 Å². The lowest BCUT2D eigenvalue weighted by Gasteiger charge is -2.20. The van der Waals surface area contributed by atoms with Crippen LogP contribution in [0.1, 0.15) is 38.2 Å². The minimum atomic E-state index is -0.579. The van der Waals surface area contributed by atoms with Crippen molar-refractivity contribution in [2.45, 2.75) is 32.4 Å². The predicted molar refractivity (Wildman–Crippen MR) is 82.5 cm³/mol. The molecule has 0 aliphatic heterocycles. The number of aliphatic hydroxyl groups excluding tert-OH is 1. The van der Waals surface area contributed by atoms with Gasteiger partial charge in [-0.1, -0.05) is 6.92 Å². The summed E-state index contributed by atoms with van der Waals surface area (Å²) in [6.07, 6.45) is 2.53. The molecule has 1 aromatic heterocycles. The highest BCUT2D eigenvalue weighted by Gasteiger charge is 2.20. The maximum absolute atomic E-state index is 9.97. The molecule has 0 amide bonds. The summed E-state index contributed by atoms with van der Waals surface area (Å²) in [4.78, 5) is 4.55. The average Bonchev–Trinajstić information content (AvgIpc) is 2.74. The molecule has 2 rings (SSSR count). The lowest BCUT2D eigenvalue weighted by Crippen LogP contribution is -2.15. The van der Waals surface area contributed by atoms with E-state index in [0.717, 1.165) is 29.0 Å². The molecule has 0 radical (unpaired) electrons. The molecule has 104 valence electrons. The molecule has 0 aliphatic rings. The van der Waals surface area contributed by atoms with Crippen LogP contribution in [0, 0.1) is 0 Å². The van der Waals surface area contributed by atoms with E-state index in [9.17, 15) is 5.11 Å². The molecule has 0 fully saturated rings. The van der Waals surface area contributed by atoms with Gasteiger partial charge in [0.15, 0.2) is 0 Å². The Labute approximate surface area is 118 Å². The lowest BCUT2D eigenvalue weighted by molar-refractivity contribution is 0.182. The average molecular weight is 279 g/mol. The summed E-state index contributed by atoms with van der Waals surface area (Å²) in [7, 11) is 0. The molecule has 0 spiro atoms. The van der Waals surface area contributed by atoms with E-state index < -0.39 is 6.10 Å². The number of rotatable bonds is 5. The topological polar surface area (TPSA) is 64.1 Å². The SMILES string of the molecule is CCC(CSC)n1c(C(C)O)nc2cc(N)ccc21. The van der Waals surface area contributed by atoms with E-state index in [2.05, 4.69) is 22.7 Å². The number of anilines is 1. The molecule has 4 nitrogen and oxygen atoms in total. The number of imidazole rings is 1. The quantitative estimate of drug-likeness (QED) is 0.826. The van der Waals surface area contributed by atoms with Crippen molar-refractivity contribution in [3.05, 3.63) is 24.0 Å². The Morgan fingerprint density at radius 2 is 2.21 bits per heavy atom. The number of benzene rings is 1. The fourth-order valence-electron chi connectivity index (χ4n) is 2.38. The molecule has 2 atom stereocenters. The van der Waals surface area contributed by atoms with E-state index in [1.54, 1.807) is 6.92 Å². The van der Waals surface area contributed by atoms with Gasteiger partial charge in [0.2, 0.25) is 0 Å². The number of aliphatic hydroxyl groups is 1. The lowest BCUT2D eigenvalue weighted by atomic mass is 10.2. The number of hydrogen-bond donors (Lipinski definition) is 2. The molecule has 5 heteroatoms. The van der Waals surface area contributed by atoms with E-state index in [1.807, 2.05) is 30.0 Å². The zero-order valence-electron chi connectivity index (χ0n) is 11.6. The Hall–Kier alpha value is -1.20. The molecular weight excluding hydrogens is 258 g/mol. The Balaban J connectivity index is 2.63. The number of thioether (sulfide) groups is 1. The molecule has 1 heterocycles. The van der Waals surface area contributed by atoms with Gasteiger partial charge >= 0.3 is 0 Å². The third-order valence-electron chi connectivity index (χ3n) is 3.31. The van der Waals surface area contributed by atoms with Crippen LogP contribution in [0.15, 0.2) is 18.2 Å². The predicted octanol–water partition coefficient (Wildman–Crippen LogP) is 2.99. The van der Waals surface area contributed by atoms with Crippen LogP contribution in [0.2, 0.25) is 0 Å². The van der Waals surface area contributed by atoms with Gasteiger partial charge in [0.05, 0.1) is 11.0 Å². The standard InChI is InChI=1S/C14H21N3OS/c1-4-11(8-19-3)17-13-6-5-10(15)7-12(13)16-14(17)9(2)18/h5-7,9,11,18H,4,8,15H2,1-3H3. The van der Waals surface area contributed by atoms with Crippen molar-refractivity contribution >= 4 is 28.5 Å². The highest BCUT2D eigenvalue weighted by Crippen LogP contribution is 2.29. The van der Waals surface area contributed by atoms with Crippen LogP contribution in [0.25, 0.3) is 11.0 Å². The summed E-state index contributed by atoms with van der Waals surface area (Å²) in [5.74, 6) is 1.73. The first-order valence-corrected chi connectivity index (χ1v) is 7.92. The molecule has 0 aliphatic carbocycles. The van der Waals surface area contributed by atoms with Gasteiger partial charge in [0.1, 0.15) is 11.9 Å². The van der Waals surface area contributed by atoms with Gasteiger partial charge in [0.25, 0.3) is 0 Å². The maximum atomic E-state index is 9.97. The van der Waals surface area contributed by atoms with E-state index in [0.29, 0.717) is 11.7 Å². The molecule has 2 aromatic rings. The largest absolute Gasteiger partial charge is 0.399 e. The minimum Gasteiger partial charge on any atom is -0.399 e. The van der Waals surface area contributed by atoms with Crippen LogP contribution in [0.3, 0.4) is 0 Å². The second kappa shape index (κ2) is 5.84. The number of nitrogens with two attached hydrogens (primary N) is 1. The molecule has 0 bridgehead atoms. The number of aromatic nitrogens is 2. The van der Waals surface area contributed by atoms with Crippen LogP contribution < -0.4 is 5.73 Å². The normalized spacial score (nSPS) is 14.7. The second-order valence-electron chi connectivity index (χ2n) is 4.78. The van der Waals surface area contributed by atoms with Crippen molar-refractivity contribution in [1.82, 2.24) is 9.55 Å². The zero-order valence-corrected chi connectivity index (χ0v) is 12.4. The van der Waals surface area contributed by atoms with Crippen molar-refractivity contribution in [3.63, 3.8) is 0 Å². The molecule has 19 heavy (non-hydrogen) atoms. The van der Waals surface area contributed by atoms with Crippen LogP contribution in [0.5, 0.6) is 0 Å². The maximum Gasteiger partial charge on any atom is 0.138 e. The summed E-state index contributed by atoms with van der Waals surface area (Å²) in [6, 6.07) is 6.09. The van der Waals surface area contributed by atoms with Gasteiger partial charge in [-0.05, 0) is 37.8 Å². The third kappa shape index (κ3) is 2.72. The first kappa shape index (κ1) is 14.2.